The minimum absolute atomic E-state index is 0.548. The van der Waals surface area contributed by atoms with Crippen molar-refractivity contribution in [3.63, 3.8) is 0 Å². The van der Waals surface area contributed by atoms with E-state index in [1.54, 1.807) is 0 Å². The number of hydrogen-bond donors (Lipinski definition) is 0. The molecule has 0 fully saturated rings. The molecule has 58 valence electrons. The molecule has 0 aromatic heterocycles. The summed E-state index contributed by atoms with van der Waals surface area (Å²) in [5.74, 6) is 6.19. The van der Waals surface area contributed by atoms with Gasteiger partial charge in [0.1, 0.15) is 6.04 Å². The maximum absolute atomic E-state index is 3.11. The van der Waals surface area contributed by atoms with Gasteiger partial charge in [-0.1, -0.05) is 12.0 Å². The van der Waals surface area contributed by atoms with E-state index in [9.17, 15) is 0 Å². The molecule has 0 bridgehead atoms. The van der Waals surface area contributed by atoms with Crippen LogP contribution >= 0.6 is 0 Å². The zero-order chi connectivity index (χ0) is 8.10. The molecule has 0 atom stereocenters. The Morgan fingerprint density at radius 2 is 2.18 bits per heavy atom. The molecule has 1 nitrogen and oxygen atoms in total. The average molecular weight is 148 g/mol. The van der Waals surface area contributed by atoms with Crippen molar-refractivity contribution in [2.75, 3.05) is 6.54 Å². The van der Waals surface area contributed by atoms with Gasteiger partial charge in [-0.3, -0.25) is 0 Å². The number of rotatable bonds is 1. The summed E-state index contributed by atoms with van der Waals surface area (Å²) < 4.78 is 2.22. The first-order valence-electron chi connectivity index (χ1n) is 4.02. The molecule has 0 amide bonds. The van der Waals surface area contributed by atoms with E-state index in [0.29, 0.717) is 6.04 Å². The van der Waals surface area contributed by atoms with Gasteiger partial charge in [-0.05, 0) is 25.8 Å². The minimum atomic E-state index is 0.548. The maximum atomic E-state index is 3.11. The van der Waals surface area contributed by atoms with Gasteiger partial charge in [0.25, 0.3) is 0 Å². The van der Waals surface area contributed by atoms with Crippen molar-refractivity contribution in [1.82, 2.24) is 0 Å². The Balaban J connectivity index is 2.72. The highest BCUT2D eigenvalue weighted by molar-refractivity contribution is 5.66. The van der Waals surface area contributed by atoms with Crippen molar-refractivity contribution in [3.05, 3.63) is 12.2 Å². The predicted octanol–water partition coefficient (Wildman–Crippen LogP) is 1.44. The molecule has 0 N–H and O–H groups in total. The van der Waals surface area contributed by atoms with E-state index in [1.165, 1.54) is 0 Å². The molecule has 0 spiro atoms. The summed E-state index contributed by atoms with van der Waals surface area (Å²) in [5, 5.41) is 0. The fraction of sp³-hybridized carbons (Fsp3) is 0.500. The van der Waals surface area contributed by atoms with Crippen molar-refractivity contribution in [3.8, 4) is 11.8 Å². The van der Waals surface area contributed by atoms with Gasteiger partial charge in [-0.2, -0.15) is 0 Å². The van der Waals surface area contributed by atoms with Crippen LogP contribution in [-0.4, -0.2) is 23.4 Å². The predicted molar refractivity (Wildman–Crippen MR) is 47.9 cm³/mol. The third kappa shape index (κ3) is 2.59. The minimum Gasteiger partial charge on any atom is -0.222 e. The van der Waals surface area contributed by atoms with Crippen molar-refractivity contribution in [2.24, 2.45) is 0 Å². The van der Waals surface area contributed by atoms with Gasteiger partial charge in [0.2, 0.25) is 6.54 Å². The monoisotopic (exact) mass is 148 g/mol. The molecular formula is C10H14N+. The lowest BCUT2D eigenvalue weighted by Crippen LogP contribution is -2.21. The topological polar surface area (TPSA) is 3.01 Å². The molecular weight excluding hydrogens is 134 g/mol. The standard InChI is InChI=1S/C10H14N/c1-10(2)11-8-6-4-3-5-7-9-11/h4,6,8,10H,3,9H2,1-2H3/q+1/b6-4-,11-8?. The van der Waals surface area contributed by atoms with Crippen LogP contribution in [0.2, 0.25) is 0 Å². The second-order valence-corrected chi connectivity index (χ2v) is 2.90. The number of nitrogens with zero attached hydrogens (tertiary/aromatic N) is 1. The summed E-state index contributed by atoms with van der Waals surface area (Å²) in [6.45, 7) is 5.21. The zero-order valence-electron chi connectivity index (χ0n) is 7.17. The normalized spacial score (nSPS) is 19.4. The van der Waals surface area contributed by atoms with Gasteiger partial charge in [0.05, 0.1) is 0 Å². The Bertz CT molecular complexity index is 235. The molecule has 0 aromatic carbocycles. The first-order chi connectivity index (χ1) is 5.30. The Labute approximate surface area is 68.4 Å². The van der Waals surface area contributed by atoms with Gasteiger partial charge in [0.15, 0.2) is 6.21 Å². The molecule has 0 radical (unpaired) electrons. The van der Waals surface area contributed by atoms with E-state index >= 15 is 0 Å². The SMILES string of the molecule is CC(C)[N+]1=C/C=C\CC#CC1. The molecule has 0 unspecified atom stereocenters. The molecule has 1 heterocycles. The fourth-order valence-corrected chi connectivity index (χ4v) is 0.925. The summed E-state index contributed by atoms with van der Waals surface area (Å²) in [6, 6.07) is 0.548. The Morgan fingerprint density at radius 3 is 2.91 bits per heavy atom. The van der Waals surface area contributed by atoms with E-state index in [-0.39, 0.29) is 0 Å². The summed E-state index contributed by atoms with van der Waals surface area (Å²) in [6.07, 6.45) is 7.16. The number of hydrogen-bond acceptors (Lipinski definition) is 0. The molecule has 0 aromatic rings. The van der Waals surface area contributed by atoms with Crippen LogP contribution in [0.25, 0.3) is 0 Å². The molecule has 1 heteroatoms. The highest BCUT2D eigenvalue weighted by atomic mass is 15.0. The van der Waals surface area contributed by atoms with Crippen LogP contribution in [0.4, 0.5) is 0 Å². The van der Waals surface area contributed by atoms with Gasteiger partial charge < -0.3 is 0 Å². The van der Waals surface area contributed by atoms with Crippen LogP contribution in [-0.2, 0) is 0 Å². The van der Waals surface area contributed by atoms with Gasteiger partial charge in [-0.15, -0.1) is 0 Å². The van der Waals surface area contributed by atoms with Gasteiger partial charge in [0, 0.05) is 6.42 Å². The van der Waals surface area contributed by atoms with Crippen LogP contribution in [0.1, 0.15) is 20.3 Å². The maximum Gasteiger partial charge on any atom is 0.203 e. The van der Waals surface area contributed by atoms with Gasteiger partial charge in [-0.25, -0.2) is 4.58 Å². The van der Waals surface area contributed by atoms with Crippen molar-refractivity contribution < 1.29 is 4.58 Å². The van der Waals surface area contributed by atoms with E-state index in [1.807, 2.05) is 0 Å². The molecule has 1 aliphatic rings. The zero-order valence-corrected chi connectivity index (χ0v) is 7.17. The summed E-state index contributed by atoms with van der Waals surface area (Å²) >= 11 is 0. The molecule has 0 saturated heterocycles. The van der Waals surface area contributed by atoms with E-state index in [2.05, 4.69) is 48.6 Å². The Kier molecular flexibility index (Phi) is 2.92. The lowest BCUT2D eigenvalue weighted by atomic mass is 10.3. The fourth-order valence-electron chi connectivity index (χ4n) is 0.925. The van der Waals surface area contributed by atoms with Crippen molar-refractivity contribution >= 4 is 6.21 Å². The highest BCUT2D eigenvalue weighted by Crippen LogP contribution is 1.89. The lowest BCUT2D eigenvalue weighted by Gasteiger charge is -2.02. The van der Waals surface area contributed by atoms with Crippen LogP contribution in [0.15, 0.2) is 12.2 Å². The first-order valence-corrected chi connectivity index (χ1v) is 4.02. The lowest BCUT2D eigenvalue weighted by molar-refractivity contribution is -0.542. The molecule has 1 rings (SSSR count). The van der Waals surface area contributed by atoms with E-state index in [0.717, 1.165) is 13.0 Å². The Hall–Kier alpha value is -1.03. The van der Waals surface area contributed by atoms with Crippen molar-refractivity contribution in [1.29, 1.82) is 0 Å². The quantitative estimate of drug-likeness (QED) is 0.391. The largest absolute Gasteiger partial charge is 0.222 e. The average Bonchev–Trinajstić information content (AvgIpc) is 1.84. The van der Waals surface area contributed by atoms with Crippen LogP contribution in [0, 0.1) is 11.8 Å². The smallest absolute Gasteiger partial charge is 0.203 e. The third-order valence-electron chi connectivity index (χ3n) is 1.68. The van der Waals surface area contributed by atoms with Gasteiger partial charge >= 0.3 is 0 Å². The summed E-state index contributed by atoms with van der Waals surface area (Å²) in [4.78, 5) is 0. The third-order valence-corrected chi connectivity index (χ3v) is 1.68. The van der Waals surface area contributed by atoms with Crippen LogP contribution in [0.5, 0.6) is 0 Å². The second kappa shape index (κ2) is 3.98. The molecule has 11 heavy (non-hydrogen) atoms. The van der Waals surface area contributed by atoms with Crippen LogP contribution in [0.3, 0.4) is 0 Å². The molecule has 1 aliphatic heterocycles. The molecule has 0 saturated carbocycles. The summed E-state index contributed by atoms with van der Waals surface area (Å²) in [5.41, 5.74) is 0. The number of allylic oxidation sites excluding steroid dienone is 2. The molecule has 0 aliphatic carbocycles. The van der Waals surface area contributed by atoms with Crippen LogP contribution < -0.4 is 0 Å². The van der Waals surface area contributed by atoms with E-state index in [4.69, 9.17) is 0 Å². The first kappa shape index (κ1) is 8.07. The highest BCUT2D eigenvalue weighted by Gasteiger charge is 2.05. The second-order valence-electron chi connectivity index (χ2n) is 2.90. The van der Waals surface area contributed by atoms with Crippen molar-refractivity contribution in [2.45, 2.75) is 26.3 Å². The summed E-state index contributed by atoms with van der Waals surface area (Å²) in [7, 11) is 0. The Morgan fingerprint density at radius 1 is 1.36 bits per heavy atom. The van der Waals surface area contributed by atoms with E-state index < -0.39 is 0 Å².